The van der Waals surface area contributed by atoms with Crippen molar-refractivity contribution in [3.8, 4) is 0 Å². The van der Waals surface area contributed by atoms with Gasteiger partial charge in [0.1, 0.15) is 5.54 Å². The van der Waals surface area contributed by atoms with Gasteiger partial charge in [-0.2, -0.15) is 0 Å². The average Bonchev–Trinajstić information content (AvgIpc) is 3.08. The third-order valence-electron chi connectivity index (χ3n) is 10.1. The molecule has 2 fully saturated rings. The van der Waals surface area contributed by atoms with Crippen molar-refractivity contribution in [2.45, 2.75) is 174 Å². The van der Waals surface area contributed by atoms with E-state index in [1.54, 1.807) is 0 Å². The molecule has 2 saturated heterocycles. The molecule has 9 heteroatoms. The largest absolute Gasteiger partial charge is 0.474 e. The van der Waals surface area contributed by atoms with Crippen molar-refractivity contribution in [2.24, 2.45) is 5.92 Å². The molecule has 0 aromatic heterocycles. The molecule has 5 atom stereocenters. The van der Waals surface area contributed by atoms with Gasteiger partial charge in [0.15, 0.2) is 0 Å². The fourth-order valence-electron chi connectivity index (χ4n) is 7.76. The summed E-state index contributed by atoms with van der Waals surface area (Å²) in [4.78, 5) is 23.3. The van der Waals surface area contributed by atoms with Crippen LogP contribution in [-0.4, -0.2) is 66.1 Å². The summed E-state index contributed by atoms with van der Waals surface area (Å²) in [5.41, 5.74) is -0.519. The van der Waals surface area contributed by atoms with E-state index >= 15 is 0 Å². The Morgan fingerprint density at radius 2 is 1.40 bits per heavy atom. The number of ether oxygens (including phenoxy) is 2. The van der Waals surface area contributed by atoms with Gasteiger partial charge in [0.05, 0.1) is 39.8 Å². The van der Waals surface area contributed by atoms with E-state index in [1.807, 2.05) is 6.92 Å². The van der Waals surface area contributed by atoms with Crippen LogP contribution in [0.5, 0.6) is 0 Å². The number of fused-ring (bicyclic) bond motifs is 2. The molecular formula is C33H65NO7P+. The van der Waals surface area contributed by atoms with Gasteiger partial charge in [-0.3, -0.25) is 9.32 Å². The minimum atomic E-state index is -4.46. The summed E-state index contributed by atoms with van der Waals surface area (Å²) in [5, 5.41) is 0. The van der Waals surface area contributed by atoms with Gasteiger partial charge in [-0.25, -0.2) is 9.09 Å². The van der Waals surface area contributed by atoms with Crippen LogP contribution in [0.3, 0.4) is 0 Å². The second-order valence-corrected chi connectivity index (χ2v) is 15.1. The average molecular weight is 619 g/mol. The standard InChI is InChI=1S/C33H64NO7P/c1-8-10-11-12-13-14-15-16-17-18-19-20-21-22-26-38-33(41-42(36,37)39-25-9-2)27-30-23-24-32(28(3)4,34(30,6)7)31(33)40-29(5)35/h28,30-31H,8-27H2,1-7H3/p+1. The van der Waals surface area contributed by atoms with Crippen LogP contribution in [0, 0.1) is 5.92 Å². The normalized spacial score (nSPS) is 28.2. The summed E-state index contributed by atoms with van der Waals surface area (Å²) >= 11 is 0. The lowest BCUT2D eigenvalue weighted by molar-refractivity contribution is -0.968. The van der Waals surface area contributed by atoms with E-state index in [0.717, 1.165) is 32.1 Å². The first-order chi connectivity index (χ1) is 19.9. The van der Waals surface area contributed by atoms with Crippen molar-refractivity contribution in [1.29, 1.82) is 0 Å². The maximum Gasteiger partial charge on any atom is 0.474 e. The molecule has 42 heavy (non-hydrogen) atoms. The van der Waals surface area contributed by atoms with Gasteiger partial charge in [-0.15, -0.1) is 0 Å². The first-order valence-electron chi connectivity index (χ1n) is 17.2. The number of phosphoric ester groups is 1. The highest BCUT2D eigenvalue weighted by molar-refractivity contribution is 7.47. The summed E-state index contributed by atoms with van der Waals surface area (Å²) in [6.45, 7) is 10.3. The molecule has 0 amide bonds. The van der Waals surface area contributed by atoms with Crippen LogP contribution in [0.1, 0.15) is 150 Å². The Labute approximate surface area is 257 Å². The maximum atomic E-state index is 13.2. The zero-order valence-electron chi connectivity index (χ0n) is 28.2. The molecular weight excluding hydrogens is 553 g/mol. The molecule has 5 unspecified atom stereocenters. The third kappa shape index (κ3) is 10.0. The second kappa shape index (κ2) is 17.8. The monoisotopic (exact) mass is 618 g/mol. The number of hydrogen-bond acceptors (Lipinski definition) is 6. The van der Waals surface area contributed by atoms with E-state index in [1.165, 1.54) is 77.6 Å². The molecule has 0 saturated carbocycles. The zero-order valence-corrected chi connectivity index (χ0v) is 29.1. The highest BCUT2D eigenvalue weighted by Crippen LogP contribution is 2.61. The van der Waals surface area contributed by atoms with Crippen molar-refractivity contribution < 1.29 is 37.3 Å². The van der Waals surface area contributed by atoms with Gasteiger partial charge in [0.25, 0.3) is 0 Å². The van der Waals surface area contributed by atoms with Gasteiger partial charge in [0.2, 0.25) is 11.9 Å². The number of quaternary nitrogens is 1. The topological polar surface area (TPSA) is 91.3 Å². The molecule has 2 rings (SSSR count). The molecule has 2 bridgehead atoms. The summed E-state index contributed by atoms with van der Waals surface area (Å²) in [6, 6.07) is 0.140. The van der Waals surface area contributed by atoms with E-state index < -0.39 is 31.2 Å². The van der Waals surface area contributed by atoms with Crippen LogP contribution in [-0.2, 0) is 27.9 Å². The fraction of sp³-hybridized carbons (Fsp3) is 0.970. The van der Waals surface area contributed by atoms with E-state index in [9.17, 15) is 14.3 Å². The molecule has 2 aliphatic heterocycles. The van der Waals surface area contributed by atoms with Crippen LogP contribution in [0.4, 0.5) is 0 Å². The molecule has 0 aliphatic carbocycles. The van der Waals surface area contributed by atoms with Crippen LogP contribution in [0.15, 0.2) is 0 Å². The first-order valence-corrected chi connectivity index (χ1v) is 18.7. The number of carbonyl (C=O) groups is 1. The van der Waals surface area contributed by atoms with Gasteiger partial charge in [-0.1, -0.05) is 111 Å². The van der Waals surface area contributed by atoms with Crippen LogP contribution >= 0.6 is 7.82 Å². The lowest BCUT2D eigenvalue weighted by Crippen LogP contribution is -2.78. The van der Waals surface area contributed by atoms with E-state index in [4.69, 9.17) is 18.5 Å². The number of hydrogen-bond donors (Lipinski definition) is 1. The highest BCUT2D eigenvalue weighted by Gasteiger charge is 2.75. The summed E-state index contributed by atoms with van der Waals surface area (Å²) in [6.07, 6.45) is 19.5. The van der Waals surface area contributed by atoms with Crippen LogP contribution in [0.2, 0.25) is 0 Å². The van der Waals surface area contributed by atoms with Gasteiger partial charge in [-0.05, 0) is 12.8 Å². The maximum absolute atomic E-state index is 13.2. The second-order valence-electron chi connectivity index (χ2n) is 13.7. The lowest BCUT2D eigenvalue weighted by atomic mass is 9.72. The Bertz CT molecular complexity index is 837. The molecule has 2 aliphatic rings. The number of likely N-dealkylation sites (N-methyl/N-ethyl adjacent to an activating group) is 1. The number of unbranched alkanes of at least 4 members (excludes halogenated alkanes) is 13. The Balaban J connectivity index is 1.99. The predicted molar refractivity (Wildman–Crippen MR) is 169 cm³/mol. The highest BCUT2D eigenvalue weighted by atomic mass is 31.2. The lowest BCUT2D eigenvalue weighted by Gasteiger charge is -2.60. The summed E-state index contributed by atoms with van der Waals surface area (Å²) < 4.78 is 37.8. The van der Waals surface area contributed by atoms with Crippen molar-refractivity contribution >= 4 is 13.8 Å². The van der Waals surface area contributed by atoms with E-state index in [2.05, 4.69) is 34.9 Å². The van der Waals surface area contributed by atoms with Gasteiger partial charge in [0, 0.05) is 25.7 Å². The molecule has 248 valence electrons. The minimum Gasteiger partial charge on any atom is -0.450 e. The van der Waals surface area contributed by atoms with Crippen LogP contribution < -0.4 is 0 Å². The molecule has 0 spiro atoms. The van der Waals surface area contributed by atoms with Crippen molar-refractivity contribution in [3.63, 3.8) is 0 Å². The Hall–Kier alpha value is -0.500. The zero-order chi connectivity index (χ0) is 31.3. The Morgan fingerprint density at radius 3 is 1.88 bits per heavy atom. The van der Waals surface area contributed by atoms with E-state index in [-0.39, 0.29) is 18.6 Å². The SMILES string of the molecule is CCCCCCCCCCCCCCCCOC1(OP(=O)(O)OCCC)CC2CCC(C(C)C)(C1OC(C)=O)[N+]2(C)C. The smallest absolute Gasteiger partial charge is 0.450 e. The minimum absolute atomic E-state index is 0.0986. The van der Waals surface area contributed by atoms with Crippen molar-refractivity contribution in [2.75, 3.05) is 27.3 Å². The van der Waals surface area contributed by atoms with Crippen molar-refractivity contribution in [1.82, 2.24) is 0 Å². The number of piperidine rings is 1. The van der Waals surface area contributed by atoms with Crippen LogP contribution in [0.25, 0.3) is 0 Å². The molecule has 0 aromatic carbocycles. The predicted octanol–water partition coefficient (Wildman–Crippen LogP) is 8.69. The van der Waals surface area contributed by atoms with Crippen molar-refractivity contribution in [3.05, 3.63) is 0 Å². The Morgan fingerprint density at radius 1 is 0.881 bits per heavy atom. The van der Waals surface area contributed by atoms with Gasteiger partial charge < -0.3 is 18.9 Å². The first kappa shape index (κ1) is 37.7. The summed E-state index contributed by atoms with van der Waals surface area (Å²) in [7, 11) is -0.107. The molecule has 8 nitrogen and oxygen atoms in total. The number of esters is 1. The van der Waals surface area contributed by atoms with Gasteiger partial charge >= 0.3 is 13.8 Å². The number of nitrogens with zero attached hydrogens (tertiary/aromatic N) is 1. The molecule has 1 N–H and O–H groups in total. The van der Waals surface area contributed by atoms with E-state index in [0.29, 0.717) is 23.9 Å². The third-order valence-corrected chi connectivity index (χ3v) is 11.1. The molecule has 2 heterocycles. The number of rotatable bonds is 23. The fourth-order valence-corrected chi connectivity index (χ4v) is 8.84. The quantitative estimate of drug-likeness (QED) is 0.0403. The summed E-state index contributed by atoms with van der Waals surface area (Å²) in [5.74, 6) is -1.87. The molecule has 0 radical (unpaired) electrons. The number of phosphoric acid groups is 1. The Kier molecular flexibility index (Phi) is 16.0. The molecule has 0 aromatic rings. The number of carbonyl (C=O) groups excluding carboxylic acids is 1.